The third kappa shape index (κ3) is 6.57. The van der Waals surface area contributed by atoms with Gasteiger partial charge in [0.25, 0.3) is 0 Å². The average Bonchev–Trinajstić information content (AvgIpc) is 2.65. The summed E-state index contributed by atoms with van der Waals surface area (Å²) >= 11 is 0. The van der Waals surface area contributed by atoms with E-state index in [1.807, 2.05) is 5.32 Å². The fraction of sp³-hybridized carbons (Fsp3) is 0.222. The summed E-state index contributed by atoms with van der Waals surface area (Å²) in [5, 5.41) is 6.42. The molecule has 0 fully saturated rings. The smallest absolute Gasteiger partial charge is 0.416 e. The fourth-order valence-electron chi connectivity index (χ4n) is 2.24. The first-order valence-electron chi connectivity index (χ1n) is 8.17. The van der Waals surface area contributed by atoms with E-state index in [0.717, 1.165) is 0 Å². The van der Waals surface area contributed by atoms with Gasteiger partial charge >= 0.3 is 18.4 Å². The summed E-state index contributed by atoms with van der Waals surface area (Å²) in [5.74, 6) is -0.480. The molecule has 3 amide bonds. The van der Waals surface area contributed by atoms with Crippen molar-refractivity contribution < 1.29 is 40.7 Å². The number of hydrogen-bond acceptors (Lipinski definition) is 3. The van der Waals surface area contributed by atoms with Crippen LogP contribution in [0.25, 0.3) is 0 Å². The van der Waals surface area contributed by atoms with Gasteiger partial charge in [0.15, 0.2) is 0 Å². The van der Waals surface area contributed by atoms with E-state index in [1.165, 1.54) is 19.2 Å². The molecule has 0 saturated heterocycles. The van der Waals surface area contributed by atoms with E-state index in [0.29, 0.717) is 23.6 Å². The van der Waals surface area contributed by atoms with Gasteiger partial charge in [-0.15, -0.1) is 0 Å². The number of halogens is 6. The first kappa shape index (κ1) is 22.8. The number of rotatable bonds is 5. The third-order valence-electron chi connectivity index (χ3n) is 3.63. The van der Waals surface area contributed by atoms with Gasteiger partial charge in [0.1, 0.15) is 5.75 Å². The van der Waals surface area contributed by atoms with E-state index in [2.05, 4.69) is 10.6 Å². The number of hydrogen-bond donors (Lipinski definition) is 3. The van der Waals surface area contributed by atoms with Crippen LogP contribution in [0.1, 0.15) is 11.1 Å². The molecule has 2 aromatic carbocycles. The molecule has 0 unspecified atom stereocenters. The number of anilines is 2. The summed E-state index contributed by atoms with van der Waals surface area (Å²) in [6, 6.07) is 6.02. The highest BCUT2D eigenvalue weighted by Crippen LogP contribution is 2.37. The predicted molar refractivity (Wildman–Crippen MR) is 95.1 cm³/mol. The normalized spacial score (nSPS) is 11.6. The van der Waals surface area contributed by atoms with Crippen molar-refractivity contribution in [1.82, 2.24) is 5.32 Å². The van der Waals surface area contributed by atoms with Gasteiger partial charge in [-0.1, -0.05) is 0 Å². The lowest BCUT2D eigenvalue weighted by Gasteiger charge is -2.15. The summed E-state index contributed by atoms with van der Waals surface area (Å²) in [5.41, 5.74) is -3.49. The van der Waals surface area contributed by atoms with Crippen LogP contribution in [0.5, 0.6) is 5.75 Å². The highest BCUT2D eigenvalue weighted by Gasteiger charge is 2.37. The van der Waals surface area contributed by atoms with Crippen molar-refractivity contribution in [3.05, 3.63) is 53.6 Å². The number of urea groups is 1. The topological polar surface area (TPSA) is 79.5 Å². The number of methoxy groups -OCH3 is 1. The standard InChI is InChI=1S/C18H15F6N3O3/c1-30-14-4-2-12(3-5-14)27-16(29)25-9-15(28)26-13-7-10(17(19,20)21)6-11(8-13)18(22,23)24/h2-8H,9H2,1H3,(H,26,28)(H2,25,27,29). The summed E-state index contributed by atoms with van der Waals surface area (Å²) in [7, 11) is 1.45. The van der Waals surface area contributed by atoms with Crippen LogP contribution in [0.2, 0.25) is 0 Å². The number of nitrogens with one attached hydrogen (secondary N) is 3. The molecule has 0 atom stereocenters. The number of amides is 3. The zero-order chi connectivity index (χ0) is 22.5. The molecule has 0 heterocycles. The van der Waals surface area contributed by atoms with Crippen LogP contribution in [0.15, 0.2) is 42.5 Å². The van der Waals surface area contributed by atoms with Crippen molar-refractivity contribution in [2.75, 3.05) is 24.3 Å². The Morgan fingerprint density at radius 1 is 0.833 bits per heavy atom. The molecule has 0 aromatic heterocycles. The van der Waals surface area contributed by atoms with Crippen LogP contribution in [-0.2, 0) is 17.1 Å². The van der Waals surface area contributed by atoms with E-state index >= 15 is 0 Å². The van der Waals surface area contributed by atoms with Crippen LogP contribution >= 0.6 is 0 Å². The molecule has 0 aliphatic heterocycles. The predicted octanol–water partition coefficient (Wildman–Crippen LogP) is 4.49. The largest absolute Gasteiger partial charge is 0.497 e. The van der Waals surface area contributed by atoms with Gasteiger partial charge in [0.2, 0.25) is 5.91 Å². The average molecular weight is 435 g/mol. The van der Waals surface area contributed by atoms with Gasteiger partial charge in [0, 0.05) is 11.4 Å². The third-order valence-corrected chi connectivity index (χ3v) is 3.63. The Morgan fingerprint density at radius 2 is 1.37 bits per heavy atom. The molecule has 0 radical (unpaired) electrons. The minimum atomic E-state index is -5.04. The molecule has 0 aliphatic carbocycles. The molecular weight excluding hydrogens is 420 g/mol. The number of alkyl halides is 6. The van der Waals surface area contributed by atoms with Gasteiger partial charge in [-0.05, 0) is 42.5 Å². The van der Waals surface area contributed by atoms with Crippen molar-refractivity contribution in [3.8, 4) is 5.75 Å². The molecule has 3 N–H and O–H groups in total. The molecule has 2 rings (SSSR count). The maximum atomic E-state index is 12.8. The Morgan fingerprint density at radius 3 is 1.83 bits per heavy atom. The SMILES string of the molecule is COc1ccc(NC(=O)NCC(=O)Nc2cc(C(F)(F)F)cc(C(F)(F)F)c2)cc1. The maximum absolute atomic E-state index is 12.8. The molecule has 0 bridgehead atoms. The molecule has 0 saturated carbocycles. The minimum absolute atomic E-state index is 0.0593. The first-order valence-corrected chi connectivity index (χ1v) is 8.17. The summed E-state index contributed by atoms with van der Waals surface area (Å²) < 4.78 is 81.9. The van der Waals surface area contributed by atoms with E-state index in [1.54, 1.807) is 12.1 Å². The molecule has 0 aliphatic rings. The minimum Gasteiger partial charge on any atom is -0.497 e. The lowest BCUT2D eigenvalue weighted by molar-refractivity contribution is -0.143. The highest BCUT2D eigenvalue weighted by atomic mass is 19.4. The number of carbonyl (C=O) groups excluding carboxylic acids is 2. The second kappa shape index (κ2) is 8.93. The Balaban J connectivity index is 2.00. The van der Waals surface area contributed by atoms with Crippen molar-refractivity contribution in [1.29, 1.82) is 0 Å². The van der Waals surface area contributed by atoms with Gasteiger partial charge < -0.3 is 20.7 Å². The maximum Gasteiger partial charge on any atom is 0.416 e. The number of ether oxygens (including phenoxy) is 1. The van der Waals surface area contributed by atoms with Crippen molar-refractivity contribution >= 4 is 23.3 Å². The van der Waals surface area contributed by atoms with Crippen molar-refractivity contribution in [3.63, 3.8) is 0 Å². The van der Waals surface area contributed by atoms with E-state index < -0.39 is 47.6 Å². The molecular formula is C18H15F6N3O3. The molecule has 12 heteroatoms. The second-order valence-corrected chi connectivity index (χ2v) is 5.88. The van der Waals surface area contributed by atoms with E-state index in [9.17, 15) is 35.9 Å². The van der Waals surface area contributed by atoms with Gasteiger partial charge in [-0.2, -0.15) is 26.3 Å². The first-order chi connectivity index (χ1) is 13.9. The van der Waals surface area contributed by atoms with Crippen LogP contribution in [0, 0.1) is 0 Å². The molecule has 6 nitrogen and oxygen atoms in total. The zero-order valence-electron chi connectivity index (χ0n) is 15.2. The van der Waals surface area contributed by atoms with Crippen LogP contribution < -0.4 is 20.7 Å². The monoisotopic (exact) mass is 435 g/mol. The van der Waals surface area contributed by atoms with Crippen LogP contribution in [0.3, 0.4) is 0 Å². The summed E-state index contributed by atoms with van der Waals surface area (Å²) in [4.78, 5) is 23.6. The second-order valence-electron chi connectivity index (χ2n) is 5.88. The molecule has 30 heavy (non-hydrogen) atoms. The zero-order valence-corrected chi connectivity index (χ0v) is 15.2. The highest BCUT2D eigenvalue weighted by molar-refractivity contribution is 5.97. The van der Waals surface area contributed by atoms with Crippen LogP contribution in [-0.4, -0.2) is 25.6 Å². The molecule has 162 valence electrons. The lowest BCUT2D eigenvalue weighted by Crippen LogP contribution is -2.35. The quantitative estimate of drug-likeness (QED) is 0.606. The van der Waals surface area contributed by atoms with Gasteiger partial charge in [0.05, 0.1) is 24.8 Å². The van der Waals surface area contributed by atoms with Crippen molar-refractivity contribution in [2.45, 2.75) is 12.4 Å². The lowest BCUT2D eigenvalue weighted by atomic mass is 10.1. The van der Waals surface area contributed by atoms with Gasteiger partial charge in [-0.3, -0.25) is 4.79 Å². The number of carbonyl (C=O) groups is 2. The molecule has 0 spiro atoms. The van der Waals surface area contributed by atoms with Crippen LogP contribution in [0.4, 0.5) is 42.5 Å². The van der Waals surface area contributed by atoms with E-state index in [4.69, 9.17) is 4.74 Å². The Bertz CT molecular complexity index is 879. The number of benzene rings is 2. The summed E-state index contributed by atoms with van der Waals surface area (Å²) in [6.07, 6.45) is -10.1. The fourth-order valence-corrected chi connectivity index (χ4v) is 2.24. The van der Waals surface area contributed by atoms with E-state index in [-0.39, 0.29) is 6.07 Å². The Kier molecular flexibility index (Phi) is 6.80. The van der Waals surface area contributed by atoms with Crippen molar-refractivity contribution in [2.24, 2.45) is 0 Å². The van der Waals surface area contributed by atoms with Gasteiger partial charge in [-0.25, -0.2) is 4.79 Å². The molecule has 2 aromatic rings. The Labute approximate surface area is 166 Å². The summed E-state index contributed by atoms with van der Waals surface area (Å²) in [6.45, 7) is -0.695. The Hall–Kier alpha value is -3.44.